The molecule has 2 atom stereocenters. The number of carbonyl (C=O) groups is 2. The number of hydrogen-bond donors (Lipinski definition) is 1. The zero-order valence-corrected chi connectivity index (χ0v) is 9.98. The van der Waals surface area contributed by atoms with E-state index in [-0.39, 0.29) is 24.0 Å². The zero-order chi connectivity index (χ0) is 12.3. The van der Waals surface area contributed by atoms with Crippen molar-refractivity contribution in [3.8, 4) is 0 Å². The van der Waals surface area contributed by atoms with E-state index in [0.29, 0.717) is 32.7 Å². The largest absolute Gasteiger partial charge is 0.469 e. The highest BCUT2D eigenvalue weighted by atomic mass is 16.5. The molecule has 1 N–H and O–H groups in total. The Morgan fingerprint density at radius 1 is 1.41 bits per heavy atom. The molecule has 2 heterocycles. The normalized spacial score (nSPS) is 28.2. The lowest BCUT2D eigenvalue weighted by atomic mass is 10.1. The summed E-state index contributed by atoms with van der Waals surface area (Å²) >= 11 is 0. The molecule has 2 fully saturated rings. The zero-order valence-electron chi connectivity index (χ0n) is 9.98. The fourth-order valence-electron chi connectivity index (χ4n) is 2.22. The molecule has 0 aromatic carbocycles. The van der Waals surface area contributed by atoms with Gasteiger partial charge in [-0.25, -0.2) is 4.79 Å². The van der Waals surface area contributed by atoms with Crippen molar-refractivity contribution in [2.45, 2.75) is 18.9 Å². The van der Waals surface area contributed by atoms with E-state index in [4.69, 9.17) is 4.74 Å². The maximum absolute atomic E-state index is 11.9. The predicted molar refractivity (Wildman–Crippen MR) is 59.5 cm³/mol. The first-order valence-corrected chi connectivity index (χ1v) is 5.91. The van der Waals surface area contributed by atoms with Gasteiger partial charge in [-0.15, -0.1) is 0 Å². The van der Waals surface area contributed by atoms with Gasteiger partial charge in [-0.1, -0.05) is 0 Å². The summed E-state index contributed by atoms with van der Waals surface area (Å²) in [7, 11) is 1.38. The standard InChI is InChI=1S/C11H18N2O4/c1-16-10(14)8-2-4-13(6-8)11(15)12-9-3-5-17-7-9/h8-9H,2-7H2,1H3,(H,12,15). The lowest BCUT2D eigenvalue weighted by Gasteiger charge is -2.19. The molecule has 2 aliphatic heterocycles. The summed E-state index contributed by atoms with van der Waals surface area (Å²) in [5.74, 6) is -0.407. The molecule has 0 saturated carbocycles. The summed E-state index contributed by atoms with van der Waals surface area (Å²) in [5, 5.41) is 2.91. The number of amides is 2. The van der Waals surface area contributed by atoms with Crippen molar-refractivity contribution in [3.05, 3.63) is 0 Å². The Kier molecular flexibility index (Phi) is 3.83. The topological polar surface area (TPSA) is 67.9 Å². The smallest absolute Gasteiger partial charge is 0.317 e. The van der Waals surface area contributed by atoms with Crippen molar-refractivity contribution in [1.82, 2.24) is 10.2 Å². The number of ether oxygens (including phenoxy) is 2. The SMILES string of the molecule is COC(=O)C1CCN(C(=O)NC2CCOC2)C1. The van der Waals surface area contributed by atoms with Crippen LogP contribution in [0.25, 0.3) is 0 Å². The average molecular weight is 242 g/mol. The van der Waals surface area contributed by atoms with Gasteiger partial charge in [-0.05, 0) is 12.8 Å². The lowest BCUT2D eigenvalue weighted by Crippen LogP contribution is -2.44. The minimum absolute atomic E-state index is 0.105. The van der Waals surface area contributed by atoms with Crippen molar-refractivity contribution in [2.24, 2.45) is 5.92 Å². The second-order valence-electron chi connectivity index (χ2n) is 4.46. The maximum Gasteiger partial charge on any atom is 0.317 e. The molecule has 6 heteroatoms. The van der Waals surface area contributed by atoms with Crippen LogP contribution in [0.2, 0.25) is 0 Å². The molecule has 6 nitrogen and oxygen atoms in total. The molecule has 17 heavy (non-hydrogen) atoms. The molecule has 2 unspecified atom stereocenters. The van der Waals surface area contributed by atoms with Gasteiger partial charge in [-0.3, -0.25) is 4.79 Å². The Bertz CT molecular complexity index is 302. The van der Waals surface area contributed by atoms with Crippen molar-refractivity contribution < 1.29 is 19.1 Å². The molecule has 2 amide bonds. The Hall–Kier alpha value is -1.30. The van der Waals surface area contributed by atoms with Crippen molar-refractivity contribution in [2.75, 3.05) is 33.4 Å². The van der Waals surface area contributed by atoms with Gasteiger partial charge in [-0.2, -0.15) is 0 Å². The quantitative estimate of drug-likeness (QED) is 0.691. The molecule has 0 spiro atoms. The van der Waals surface area contributed by atoms with Crippen LogP contribution in [0, 0.1) is 5.92 Å². The van der Waals surface area contributed by atoms with Gasteiger partial charge in [0.1, 0.15) is 0 Å². The third-order valence-corrected chi connectivity index (χ3v) is 3.27. The van der Waals surface area contributed by atoms with E-state index in [9.17, 15) is 9.59 Å². The van der Waals surface area contributed by atoms with Crippen LogP contribution in [0.15, 0.2) is 0 Å². The van der Waals surface area contributed by atoms with E-state index < -0.39 is 0 Å². The lowest BCUT2D eigenvalue weighted by molar-refractivity contribution is -0.144. The van der Waals surface area contributed by atoms with E-state index in [1.54, 1.807) is 4.90 Å². The van der Waals surface area contributed by atoms with E-state index in [1.165, 1.54) is 7.11 Å². The van der Waals surface area contributed by atoms with E-state index >= 15 is 0 Å². The highest BCUT2D eigenvalue weighted by Crippen LogP contribution is 2.17. The first kappa shape index (κ1) is 12.2. The van der Waals surface area contributed by atoms with Crippen LogP contribution < -0.4 is 5.32 Å². The molecule has 0 bridgehead atoms. The van der Waals surface area contributed by atoms with Gasteiger partial charge in [0.05, 0.1) is 25.7 Å². The van der Waals surface area contributed by atoms with Crippen LogP contribution in [-0.4, -0.2) is 56.4 Å². The van der Waals surface area contributed by atoms with Gasteiger partial charge in [0, 0.05) is 19.7 Å². The summed E-state index contributed by atoms with van der Waals surface area (Å²) in [6.07, 6.45) is 1.54. The maximum atomic E-state index is 11.9. The molecule has 2 saturated heterocycles. The van der Waals surface area contributed by atoms with Crippen molar-refractivity contribution in [1.29, 1.82) is 0 Å². The van der Waals surface area contributed by atoms with Crippen LogP contribution >= 0.6 is 0 Å². The third-order valence-electron chi connectivity index (χ3n) is 3.27. The van der Waals surface area contributed by atoms with Gasteiger partial charge in [0.15, 0.2) is 0 Å². The number of methoxy groups -OCH3 is 1. The molecule has 0 radical (unpaired) electrons. The number of nitrogens with one attached hydrogen (secondary N) is 1. The molecule has 2 aliphatic rings. The minimum Gasteiger partial charge on any atom is -0.469 e. The second-order valence-corrected chi connectivity index (χ2v) is 4.46. The Labute approximate surface area is 100 Å². The second kappa shape index (κ2) is 5.35. The molecular formula is C11H18N2O4. The predicted octanol–water partition coefficient (Wildman–Crippen LogP) is -0.0202. The summed E-state index contributed by atoms with van der Waals surface area (Å²) in [5.41, 5.74) is 0. The monoisotopic (exact) mass is 242 g/mol. The highest BCUT2D eigenvalue weighted by molar-refractivity contribution is 5.78. The van der Waals surface area contributed by atoms with Crippen molar-refractivity contribution in [3.63, 3.8) is 0 Å². The third kappa shape index (κ3) is 2.88. The summed E-state index contributed by atoms with van der Waals surface area (Å²) in [4.78, 5) is 24.9. The van der Waals surface area contributed by atoms with Crippen LogP contribution in [0.4, 0.5) is 4.79 Å². The number of hydrogen-bond acceptors (Lipinski definition) is 4. The Morgan fingerprint density at radius 3 is 2.88 bits per heavy atom. The molecule has 0 aliphatic carbocycles. The summed E-state index contributed by atoms with van der Waals surface area (Å²) in [6.45, 7) is 2.35. The number of rotatable bonds is 2. The van der Waals surface area contributed by atoms with Gasteiger partial charge >= 0.3 is 12.0 Å². The Balaban J connectivity index is 1.79. The number of likely N-dealkylation sites (tertiary alicyclic amines) is 1. The van der Waals surface area contributed by atoms with Crippen LogP contribution in [-0.2, 0) is 14.3 Å². The fraction of sp³-hybridized carbons (Fsp3) is 0.818. The van der Waals surface area contributed by atoms with Gasteiger partial charge in [0.25, 0.3) is 0 Å². The molecular weight excluding hydrogens is 224 g/mol. The highest BCUT2D eigenvalue weighted by Gasteiger charge is 2.32. The number of carbonyl (C=O) groups excluding carboxylic acids is 2. The molecule has 0 aromatic rings. The van der Waals surface area contributed by atoms with E-state index in [1.807, 2.05) is 0 Å². The summed E-state index contributed by atoms with van der Waals surface area (Å²) < 4.78 is 9.87. The fourth-order valence-corrected chi connectivity index (χ4v) is 2.22. The number of esters is 1. The Morgan fingerprint density at radius 2 is 2.24 bits per heavy atom. The van der Waals surface area contributed by atoms with Crippen LogP contribution in [0.3, 0.4) is 0 Å². The first-order valence-electron chi connectivity index (χ1n) is 5.91. The first-order chi connectivity index (χ1) is 8.20. The molecule has 96 valence electrons. The van der Waals surface area contributed by atoms with Gasteiger partial charge < -0.3 is 19.7 Å². The van der Waals surface area contributed by atoms with Crippen LogP contribution in [0.5, 0.6) is 0 Å². The average Bonchev–Trinajstić information content (AvgIpc) is 2.98. The van der Waals surface area contributed by atoms with Gasteiger partial charge in [0.2, 0.25) is 0 Å². The number of nitrogens with zero attached hydrogens (tertiary/aromatic N) is 1. The van der Waals surface area contributed by atoms with E-state index in [2.05, 4.69) is 10.1 Å². The summed E-state index contributed by atoms with van der Waals surface area (Å²) in [6, 6.07) is 0.00609. The number of urea groups is 1. The molecule has 2 rings (SSSR count). The van der Waals surface area contributed by atoms with E-state index in [0.717, 1.165) is 6.42 Å². The molecule has 0 aromatic heterocycles. The van der Waals surface area contributed by atoms with Crippen LogP contribution in [0.1, 0.15) is 12.8 Å². The van der Waals surface area contributed by atoms with Crippen molar-refractivity contribution >= 4 is 12.0 Å². The minimum atomic E-state index is -0.232.